The standard InChI is InChI=1S/C19H23N3O2S/c1-4-16(22-11-14-7-5-6-8-15(14)18(22)23)19(24)21(3)10-9-17-13(2)20-12-25-17/h5-8,12,16H,4,9-11H2,1-3H3. The Labute approximate surface area is 152 Å². The molecule has 1 aromatic carbocycles. The molecule has 0 saturated heterocycles. The summed E-state index contributed by atoms with van der Waals surface area (Å²) in [4.78, 5) is 34.5. The van der Waals surface area contributed by atoms with Gasteiger partial charge in [0.2, 0.25) is 5.91 Å². The topological polar surface area (TPSA) is 53.5 Å². The molecule has 2 amide bonds. The number of carbonyl (C=O) groups excluding carboxylic acids is 2. The zero-order chi connectivity index (χ0) is 18.0. The Morgan fingerprint density at radius 1 is 1.40 bits per heavy atom. The van der Waals surface area contributed by atoms with Crippen LogP contribution in [0.2, 0.25) is 0 Å². The fourth-order valence-corrected chi connectivity index (χ4v) is 4.03. The van der Waals surface area contributed by atoms with Crippen molar-refractivity contribution >= 4 is 23.2 Å². The summed E-state index contributed by atoms with van der Waals surface area (Å²) in [6, 6.07) is 7.19. The van der Waals surface area contributed by atoms with Gasteiger partial charge in [0.1, 0.15) is 6.04 Å². The van der Waals surface area contributed by atoms with E-state index in [2.05, 4.69) is 4.98 Å². The van der Waals surface area contributed by atoms with Gasteiger partial charge in [0.05, 0.1) is 11.2 Å². The van der Waals surface area contributed by atoms with Crippen LogP contribution >= 0.6 is 11.3 Å². The van der Waals surface area contributed by atoms with Crippen LogP contribution in [-0.2, 0) is 17.8 Å². The number of benzene rings is 1. The lowest BCUT2D eigenvalue weighted by molar-refractivity contribution is -0.135. The van der Waals surface area contributed by atoms with E-state index in [0.717, 1.165) is 23.2 Å². The summed E-state index contributed by atoms with van der Waals surface area (Å²) < 4.78 is 0. The number of aromatic nitrogens is 1. The second-order valence-electron chi connectivity index (χ2n) is 6.38. The Morgan fingerprint density at radius 2 is 2.16 bits per heavy atom. The summed E-state index contributed by atoms with van der Waals surface area (Å²) in [6.45, 7) is 5.09. The third-order valence-electron chi connectivity index (χ3n) is 4.79. The molecule has 0 fully saturated rings. The van der Waals surface area contributed by atoms with Crippen LogP contribution in [0.15, 0.2) is 29.8 Å². The molecule has 6 heteroatoms. The highest BCUT2D eigenvalue weighted by atomic mass is 32.1. The monoisotopic (exact) mass is 357 g/mol. The summed E-state index contributed by atoms with van der Waals surface area (Å²) >= 11 is 1.62. The summed E-state index contributed by atoms with van der Waals surface area (Å²) in [5, 5.41) is 0. The maximum absolute atomic E-state index is 12.9. The molecule has 2 heterocycles. The van der Waals surface area contributed by atoms with Crippen molar-refractivity contribution in [1.29, 1.82) is 0 Å². The van der Waals surface area contributed by atoms with E-state index in [1.165, 1.54) is 4.88 Å². The minimum absolute atomic E-state index is 0.00539. The molecule has 25 heavy (non-hydrogen) atoms. The van der Waals surface area contributed by atoms with Crippen molar-refractivity contribution in [3.63, 3.8) is 0 Å². The Morgan fingerprint density at radius 3 is 2.80 bits per heavy atom. The second kappa shape index (κ2) is 7.35. The van der Waals surface area contributed by atoms with Gasteiger partial charge in [-0.15, -0.1) is 11.3 Å². The van der Waals surface area contributed by atoms with Gasteiger partial charge in [0, 0.05) is 37.0 Å². The van der Waals surface area contributed by atoms with E-state index in [4.69, 9.17) is 0 Å². The third kappa shape index (κ3) is 3.44. The van der Waals surface area contributed by atoms with Crippen LogP contribution in [0, 0.1) is 6.92 Å². The SMILES string of the molecule is CCC(C(=O)N(C)CCc1scnc1C)N1Cc2ccccc2C1=O. The molecule has 3 rings (SSSR count). The number of rotatable bonds is 6. The maximum Gasteiger partial charge on any atom is 0.255 e. The smallest absolute Gasteiger partial charge is 0.255 e. The lowest BCUT2D eigenvalue weighted by Gasteiger charge is -2.30. The van der Waals surface area contributed by atoms with E-state index in [9.17, 15) is 9.59 Å². The number of hydrogen-bond acceptors (Lipinski definition) is 4. The lowest BCUT2D eigenvalue weighted by atomic mass is 10.1. The molecule has 0 radical (unpaired) electrons. The predicted octanol–water partition coefficient (Wildman–Crippen LogP) is 2.89. The van der Waals surface area contributed by atoms with E-state index < -0.39 is 6.04 Å². The number of carbonyl (C=O) groups is 2. The van der Waals surface area contributed by atoms with Crippen LogP contribution in [0.5, 0.6) is 0 Å². The van der Waals surface area contributed by atoms with Gasteiger partial charge in [0.15, 0.2) is 0 Å². The van der Waals surface area contributed by atoms with Gasteiger partial charge in [-0.1, -0.05) is 25.1 Å². The molecule has 0 bridgehead atoms. The van der Waals surface area contributed by atoms with Gasteiger partial charge in [-0.05, 0) is 25.0 Å². The van der Waals surface area contributed by atoms with E-state index in [1.807, 2.05) is 50.7 Å². The number of thiazole rings is 1. The number of fused-ring (bicyclic) bond motifs is 1. The highest BCUT2D eigenvalue weighted by Crippen LogP contribution is 2.26. The summed E-state index contributed by atoms with van der Waals surface area (Å²) in [5.41, 5.74) is 4.59. The number of aryl methyl sites for hydroxylation is 1. The van der Waals surface area contributed by atoms with E-state index in [-0.39, 0.29) is 11.8 Å². The van der Waals surface area contributed by atoms with Crippen molar-refractivity contribution in [2.24, 2.45) is 0 Å². The lowest BCUT2D eigenvalue weighted by Crippen LogP contribution is -2.47. The van der Waals surface area contributed by atoms with Gasteiger partial charge in [-0.2, -0.15) is 0 Å². The Hall–Kier alpha value is -2.21. The molecular formula is C19H23N3O2S. The molecule has 1 aliphatic heterocycles. The number of nitrogens with zero attached hydrogens (tertiary/aromatic N) is 3. The van der Waals surface area contributed by atoms with Crippen molar-refractivity contribution in [2.45, 2.75) is 39.3 Å². The Kier molecular flexibility index (Phi) is 5.18. The van der Waals surface area contributed by atoms with Gasteiger partial charge in [-0.25, -0.2) is 4.98 Å². The summed E-state index contributed by atoms with van der Waals surface area (Å²) in [7, 11) is 1.81. The molecule has 1 aromatic heterocycles. The first kappa shape index (κ1) is 17.6. The molecule has 0 saturated carbocycles. The van der Waals surface area contributed by atoms with Gasteiger partial charge in [-0.3, -0.25) is 9.59 Å². The highest BCUT2D eigenvalue weighted by molar-refractivity contribution is 7.09. The minimum Gasteiger partial charge on any atom is -0.344 e. The third-order valence-corrected chi connectivity index (χ3v) is 5.79. The van der Waals surface area contributed by atoms with Crippen molar-refractivity contribution in [3.05, 3.63) is 51.5 Å². The normalized spacial score (nSPS) is 14.5. The van der Waals surface area contributed by atoms with Crippen LogP contribution in [0.1, 0.15) is 39.8 Å². The molecule has 132 valence electrons. The molecule has 1 atom stereocenters. The van der Waals surface area contributed by atoms with Gasteiger partial charge in [0.25, 0.3) is 5.91 Å². The molecule has 0 N–H and O–H groups in total. The van der Waals surface area contributed by atoms with Crippen LogP contribution < -0.4 is 0 Å². The molecule has 2 aromatic rings. The molecule has 0 spiro atoms. The fourth-order valence-electron chi connectivity index (χ4n) is 3.26. The first-order valence-electron chi connectivity index (χ1n) is 8.55. The van der Waals surface area contributed by atoms with E-state index in [0.29, 0.717) is 19.5 Å². The first-order chi connectivity index (χ1) is 12.0. The minimum atomic E-state index is -0.410. The number of likely N-dealkylation sites (N-methyl/N-ethyl adjacent to an activating group) is 1. The zero-order valence-corrected chi connectivity index (χ0v) is 15.7. The number of hydrogen-bond donors (Lipinski definition) is 0. The molecule has 0 aliphatic carbocycles. The second-order valence-corrected chi connectivity index (χ2v) is 7.32. The van der Waals surface area contributed by atoms with Crippen LogP contribution in [-0.4, -0.2) is 46.2 Å². The summed E-state index contributed by atoms with van der Waals surface area (Å²) in [5.74, 6) is -0.0340. The zero-order valence-electron chi connectivity index (χ0n) is 14.9. The molecule has 5 nitrogen and oxygen atoms in total. The largest absolute Gasteiger partial charge is 0.344 e. The van der Waals surface area contributed by atoms with Crippen LogP contribution in [0.4, 0.5) is 0 Å². The van der Waals surface area contributed by atoms with Crippen LogP contribution in [0.25, 0.3) is 0 Å². The van der Waals surface area contributed by atoms with E-state index >= 15 is 0 Å². The maximum atomic E-state index is 12.9. The highest BCUT2D eigenvalue weighted by Gasteiger charge is 2.36. The Bertz CT molecular complexity index is 786. The molecule has 1 unspecified atom stereocenters. The van der Waals surface area contributed by atoms with Crippen molar-refractivity contribution < 1.29 is 9.59 Å². The van der Waals surface area contributed by atoms with Gasteiger partial charge < -0.3 is 9.80 Å². The fraction of sp³-hybridized carbons (Fsp3) is 0.421. The van der Waals surface area contributed by atoms with Crippen molar-refractivity contribution in [2.75, 3.05) is 13.6 Å². The quantitative estimate of drug-likeness (QED) is 0.799. The molecular weight excluding hydrogens is 334 g/mol. The van der Waals surface area contributed by atoms with Crippen LogP contribution in [0.3, 0.4) is 0 Å². The number of amides is 2. The van der Waals surface area contributed by atoms with Crippen molar-refractivity contribution in [1.82, 2.24) is 14.8 Å². The first-order valence-corrected chi connectivity index (χ1v) is 9.43. The predicted molar refractivity (Wildman–Crippen MR) is 98.6 cm³/mol. The van der Waals surface area contributed by atoms with Crippen molar-refractivity contribution in [3.8, 4) is 0 Å². The average Bonchev–Trinajstić information content (AvgIpc) is 3.17. The average molecular weight is 357 g/mol. The molecule has 1 aliphatic rings. The van der Waals surface area contributed by atoms with Gasteiger partial charge >= 0.3 is 0 Å². The summed E-state index contributed by atoms with van der Waals surface area (Å²) in [6.07, 6.45) is 1.41. The van der Waals surface area contributed by atoms with E-state index in [1.54, 1.807) is 21.1 Å². The Balaban J connectivity index is 1.67.